The van der Waals surface area contributed by atoms with Crippen LogP contribution in [0.25, 0.3) is 0 Å². The fraction of sp³-hybridized carbons (Fsp3) is 0.750. The monoisotopic (exact) mass is 403 g/mol. The molecule has 2 N–H and O–H groups in total. The smallest absolute Gasteiger partial charge is 0.226 e. The van der Waals surface area contributed by atoms with Gasteiger partial charge in [0.1, 0.15) is 0 Å². The van der Waals surface area contributed by atoms with E-state index < -0.39 is 0 Å². The molecule has 0 spiro atoms. The molecule has 5 nitrogen and oxygen atoms in total. The number of aliphatic hydroxyl groups excluding tert-OH is 1. The maximum absolute atomic E-state index is 11.5. The van der Waals surface area contributed by atoms with Crippen molar-refractivity contribution in [1.82, 2.24) is 5.32 Å². The zero-order chi connectivity index (χ0) is 20.6. The predicted octanol–water partition coefficient (Wildman–Crippen LogP) is 4.06. The van der Waals surface area contributed by atoms with E-state index >= 15 is 0 Å². The van der Waals surface area contributed by atoms with Crippen LogP contribution in [0.2, 0.25) is 0 Å². The van der Waals surface area contributed by atoms with Crippen LogP contribution >= 0.6 is 0 Å². The zero-order valence-electron chi connectivity index (χ0n) is 17.7. The minimum atomic E-state index is -0.313. The highest BCUT2D eigenvalue weighted by atomic mass is 16.5. The Labute approximate surface area is 175 Å². The van der Waals surface area contributed by atoms with Crippen LogP contribution in [-0.4, -0.2) is 35.2 Å². The number of carbonyl (C=O) groups is 2. The van der Waals surface area contributed by atoms with Gasteiger partial charge in [0.05, 0.1) is 18.3 Å². The summed E-state index contributed by atoms with van der Waals surface area (Å²) in [5, 5.41) is 12.9. The molecule has 1 unspecified atom stereocenters. The largest absolute Gasteiger partial charge is 0.389 e. The van der Waals surface area contributed by atoms with Crippen molar-refractivity contribution in [3.63, 3.8) is 0 Å². The van der Waals surface area contributed by atoms with E-state index in [2.05, 4.69) is 29.6 Å². The van der Waals surface area contributed by atoms with Gasteiger partial charge in [-0.25, -0.2) is 0 Å². The molecule has 0 aromatic carbocycles. The van der Waals surface area contributed by atoms with Gasteiger partial charge in [0.25, 0.3) is 0 Å². The maximum atomic E-state index is 11.5. The van der Waals surface area contributed by atoms with E-state index in [4.69, 9.17) is 4.74 Å². The first-order valence-corrected chi connectivity index (χ1v) is 11.5. The van der Waals surface area contributed by atoms with Gasteiger partial charge in [0, 0.05) is 19.3 Å². The third-order valence-electron chi connectivity index (χ3n) is 6.81. The molecule has 1 saturated carbocycles. The number of hydrogen-bond acceptors (Lipinski definition) is 4. The van der Waals surface area contributed by atoms with E-state index in [1.165, 1.54) is 26.2 Å². The van der Waals surface area contributed by atoms with Crippen molar-refractivity contribution in [1.29, 1.82) is 0 Å². The number of amides is 2. The Morgan fingerprint density at radius 2 is 1.86 bits per heavy atom. The van der Waals surface area contributed by atoms with Gasteiger partial charge in [-0.1, -0.05) is 43.6 Å². The third kappa shape index (κ3) is 6.51. The highest BCUT2D eigenvalue weighted by Crippen LogP contribution is 2.46. The quantitative estimate of drug-likeness (QED) is 0.450. The Hall–Kier alpha value is -1.46. The van der Waals surface area contributed by atoms with Crippen LogP contribution < -0.4 is 5.32 Å². The zero-order valence-corrected chi connectivity index (χ0v) is 17.7. The van der Waals surface area contributed by atoms with Crippen LogP contribution in [0, 0.1) is 17.8 Å². The topological polar surface area (TPSA) is 75.6 Å². The van der Waals surface area contributed by atoms with Crippen LogP contribution in [0.15, 0.2) is 24.3 Å². The molecular formula is C24H37NO4. The van der Waals surface area contributed by atoms with Crippen molar-refractivity contribution in [2.75, 3.05) is 0 Å². The van der Waals surface area contributed by atoms with Crippen molar-refractivity contribution in [2.45, 2.75) is 95.9 Å². The Balaban J connectivity index is 1.43. The molecule has 2 amide bonds. The lowest BCUT2D eigenvalue weighted by Gasteiger charge is -2.27. The molecule has 162 valence electrons. The van der Waals surface area contributed by atoms with Crippen LogP contribution in [-0.2, 0) is 14.3 Å². The van der Waals surface area contributed by atoms with Crippen molar-refractivity contribution in [3.8, 4) is 0 Å². The fourth-order valence-electron chi connectivity index (χ4n) is 5.27. The molecule has 2 saturated heterocycles. The van der Waals surface area contributed by atoms with Gasteiger partial charge in [-0.15, -0.1) is 0 Å². The van der Waals surface area contributed by atoms with Crippen LogP contribution in [0.3, 0.4) is 0 Å². The predicted molar refractivity (Wildman–Crippen MR) is 113 cm³/mol. The van der Waals surface area contributed by atoms with E-state index in [0.717, 1.165) is 44.9 Å². The lowest BCUT2D eigenvalue weighted by atomic mass is 9.76. The number of nitrogens with one attached hydrogen (secondary N) is 1. The van der Waals surface area contributed by atoms with E-state index in [-0.39, 0.29) is 17.9 Å². The second-order valence-electron chi connectivity index (χ2n) is 9.01. The number of carbonyl (C=O) groups excluding carboxylic acids is 2. The van der Waals surface area contributed by atoms with Gasteiger partial charge in [0.15, 0.2) is 0 Å². The minimum absolute atomic E-state index is 0.200. The minimum Gasteiger partial charge on any atom is -0.389 e. The summed E-state index contributed by atoms with van der Waals surface area (Å²) < 4.78 is 6.17. The average Bonchev–Trinajstić information content (AvgIpc) is 3.30. The standard InChI is InChI=1S/C24H37NO4/c1-17(26)25-24(28)12-8-3-2-7-11-19-20(23-16-15-22(19)29-23)13-14-21(27)18-9-5-4-6-10-18/h2,7,13-14,18-23,27H,3-6,8-12,15-16H2,1H3,(H,25,26,28)/t19-,20-,21?,22+,23-/m0/s1. The summed E-state index contributed by atoms with van der Waals surface area (Å²) in [5.74, 6) is 0.820. The first-order chi connectivity index (χ1) is 14.0. The highest BCUT2D eigenvalue weighted by Gasteiger charge is 2.46. The van der Waals surface area contributed by atoms with E-state index in [9.17, 15) is 14.7 Å². The van der Waals surface area contributed by atoms with Crippen molar-refractivity contribution in [3.05, 3.63) is 24.3 Å². The number of rotatable bonds is 9. The fourth-order valence-corrected chi connectivity index (χ4v) is 5.27. The number of unbranched alkanes of at least 4 members (excludes halogenated alkanes) is 1. The molecule has 0 aromatic rings. The molecule has 2 aliphatic heterocycles. The van der Waals surface area contributed by atoms with Crippen molar-refractivity contribution in [2.24, 2.45) is 17.8 Å². The van der Waals surface area contributed by atoms with Gasteiger partial charge in [0.2, 0.25) is 11.8 Å². The second-order valence-corrected chi connectivity index (χ2v) is 9.01. The van der Waals surface area contributed by atoms with Gasteiger partial charge < -0.3 is 9.84 Å². The summed E-state index contributed by atoms with van der Waals surface area (Å²) in [6, 6.07) is 0. The lowest BCUT2D eigenvalue weighted by molar-refractivity contribution is -0.129. The van der Waals surface area contributed by atoms with Gasteiger partial charge in [-0.2, -0.15) is 0 Å². The maximum Gasteiger partial charge on any atom is 0.226 e. The Morgan fingerprint density at radius 3 is 2.62 bits per heavy atom. The van der Waals surface area contributed by atoms with Gasteiger partial charge in [-0.05, 0) is 56.8 Å². The van der Waals surface area contributed by atoms with E-state index in [1.54, 1.807) is 0 Å². The van der Waals surface area contributed by atoms with Gasteiger partial charge >= 0.3 is 0 Å². The molecular weight excluding hydrogens is 366 g/mol. The number of imide groups is 1. The Kier molecular flexibility index (Phi) is 8.49. The second kappa shape index (κ2) is 11.1. The first kappa shape index (κ1) is 22.2. The summed E-state index contributed by atoms with van der Waals surface area (Å²) >= 11 is 0. The number of fused-ring (bicyclic) bond motifs is 2. The van der Waals surface area contributed by atoms with Gasteiger partial charge in [-0.3, -0.25) is 14.9 Å². The van der Waals surface area contributed by atoms with Crippen LogP contribution in [0.4, 0.5) is 0 Å². The number of ether oxygens (including phenoxy) is 1. The lowest BCUT2D eigenvalue weighted by Crippen LogP contribution is -2.27. The molecule has 2 bridgehead atoms. The molecule has 3 fully saturated rings. The molecule has 29 heavy (non-hydrogen) atoms. The molecule has 3 aliphatic rings. The summed E-state index contributed by atoms with van der Waals surface area (Å²) in [6.45, 7) is 1.36. The van der Waals surface area contributed by atoms with Crippen LogP contribution in [0.5, 0.6) is 0 Å². The first-order valence-electron chi connectivity index (χ1n) is 11.5. The number of aliphatic hydroxyl groups is 1. The van der Waals surface area contributed by atoms with Crippen molar-refractivity contribution >= 4 is 11.8 Å². The number of hydrogen-bond donors (Lipinski definition) is 2. The van der Waals surface area contributed by atoms with E-state index in [1.807, 2.05) is 0 Å². The van der Waals surface area contributed by atoms with E-state index in [0.29, 0.717) is 36.4 Å². The normalized spacial score (nSPS) is 31.0. The molecule has 2 heterocycles. The number of allylic oxidation sites excluding steroid dienone is 2. The Bertz CT molecular complexity index is 608. The summed E-state index contributed by atoms with van der Waals surface area (Å²) in [7, 11) is 0. The van der Waals surface area contributed by atoms with Crippen LogP contribution in [0.1, 0.15) is 77.6 Å². The summed E-state index contributed by atoms with van der Waals surface area (Å²) in [4.78, 5) is 22.3. The molecule has 0 aromatic heterocycles. The molecule has 5 heteroatoms. The SMILES string of the molecule is CC(=O)NC(=O)CCCC=CC[C@H]1[C@H](C=CC(O)C2CCCCC2)[C@@H]2CC[C@H]1O2. The van der Waals surface area contributed by atoms with Crippen molar-refractivity contribution < 1.29 is 19.4 Å². The average molecular weight is 404 g/mol. The molecule has 3 rings (SSSR count). The summed E-state index contributed by atoms with van der Waals surface area (Å²) in [5.41, 5.74) is 0. The third-order valence-corrected chi connectivity index (χ3v) is 6.81. The molecule has 0 radical (unpaired) electrons. The highest BCUT2D eigenvalue weighted by molar-refractivity contribution is 5.93. The molecule has 1 aliphatic carbocycles. The summed E-state index contributed by atoms with van der Waals surface area (Å²) in [6.07, 6.45) is 20.3. The Morgan fingerprint density at radius 1 is 1.10 bits per heavy atom. The molecule has 5 atom stereocenters.